The highest BCUT2D eigenvalue weighted by Crippen LogP contribution is 2.46. The molecule has 5 heteroatoms. The summed E-state index contributed by atoms with van der Waals surface area (Å²) in [6.45, 7) is 2.18. The third-order valence-electron chi connectivity index (χ3n) is 5.69. The lowest BCUT2D eigenvalue weighted by atomic mass is 9.91. The number of ether oxygens (including phenoxy) is 2. The minimum absolute atomic E-state index is 0.441. The van der Waals surface area contributed by atoms with Crippen LogP contribution in [0.5, 0.6) is 11.5 Å². The summed E-state index contributed by atoms with van der Waals surface area (Å²) >= 11 is 0. The molecule has 1 saturated heterocycles. The third-order valence-corrected chi connectivity index (χ3v) is 5.69. The molecule has 146 valence electrons. The van der Waals surface area contributed by atoms with E-state index in [1.54, 1.807) is 14.2 Å². The van der Waals surface area contributed by atoms with Gasteiger partial charge in [-0.2, -0.15) is 0 Å². The highest BCUT2D eigenvalue weighted by atomic mass is 16.5. The van der Waals surface area contributed by atoms with Crippen molar-refractivity contribution in [2.75, 3.05) is 40.1 Å². The van der Waals surface area contributed by atoms with E-state index in [1.165, 1.54) is 0 Å². The van der Waals surface area contributed by atoms with Gasteiger partial charge in [0.25, 0.3) is 0 Å². The van der Waals surface area contributed by atoms with Gasteiger partial charge in [-0.15, -0.1) is 0 Å². The van der Waals surface area contributed by atoms with Crippen molar-refractivity contribution in [2.45, 2.75) is 18.8 Å². The molecule has 0 saturated carbocycles. The average Bonchev–Trinajstić information content (AvgIpc) is 2.73. The number of methoxy groups -OCH3 is 2. The molecule has 2 N–H and O–H groups in total. The van der Waals surface area contributed by atoms with Gasteiger partial charge in [0.05, 0.1) is 19.7 Å². The SMILES string of the molecule is COc1cc2nc(C3CCN(C)CC3)cc(N)c2c(-c2ccccc2)c1OC. The molecule has 5 nitrogen and oxygen atoms in total. The standard InChI is InChI=1S/C23H27N3O2/c1-26-11-9-15(10-12-26)18-13-17(24)22-19(25-18)14-20(27-2)23(28-3)21(22)16-7-5-4-6-8-16/h4-8,13-15H,9-12H2,1-3H3,(H2,24,25). The zero-order chi connectivity index (χ0) is 19.7. The second-order valence-electron chi connectivity index (χ2n) is 7.46. The number of fused-ring (bicyclic) bond motifs is 1. The van der Waals surface area contributed by atoms with Crippen LogP contribution in [-0.2, 0) is 0 Å². The largest absolute Gasteiger partial charge is 0.493 e. The Morgan fingerprint density at radius 1 is 1.04 bits per heavy atom. The number of aromatic nitrogens is 1. The first-order valence-electron chi connectivity index (χ1n) is 9.71. The highest BCUT2D eigenvalue weighted by molar-refractivity contribution is 6.06. The number of benzene rings is 2. The van der Waals surface area contributed by atoms with E-state index in [9.17, 15) is 0 Å². The van der Waals surface area contributed by atoms with Gasteiger partial charge >= 0.3 is 0 Å². The van der Waals surface area contributed by atoms with E-state index >= 15 is 0 Å². The molecule has 1 aliphatic heterocycles. The number of pyridine rings is 1. The first-order valence-corrected chi connectivity index (χ1v) is 9.71. The number of piperidine rings is 1. The van der Waals surface area contributed by atoms with Crippen molar-refractivity contribution in [1.29, 1.82) is 0 Å². The molecule has 0 atom stereocenters. The van der Waals surface area contributed by atoms with Crippen molar-refractivity contribution in [2.24, 2.45) is 0 Å². The Hall–Kier alpha value is -2.79. The molecular weight excluding hydrogens is 350 g/mol. The van der Waals surface area contributed by atoms with Crippen LogP contribution in [0.25, 0.3) is 22.0 Å². The predicted molar refractivity (Wildman–Crippen MR) is 114 cm³/mol. The minimum atomic E-state index is 0.441. The van der Waals surface area contributed by atoms with Crippen molar-refractivity contribution in [3.8, 4) is 22.6 Å². The Morgan fingerprint density at radius 2 is 1.75 bits per heavy atom. The maximum absolute atomic E-state index is 6.60. The summed E-state index contributed by atoms with van der Waals surface area (Å²) in [4.78, 5) is 7.38. The average molecular weight is 377 g/mol. The number of rotatable bonds is 4. The number of nitrogens with zero attached hydrogens (tertiary/aromatic N) is 2. The molecule has 0 bridgehead atoms. The van der Waals surface area contributed by atoms with Crippen molar-refractivity contribution < 1.29 is 9.47 Å². The molecule has 0 spiro atoms. The van der Waals surface area contributed by atoms with E-state index < -0.39 is 0 Å². The van der Waals surface area contributed by atoms with Crippen LogP contribution in [0.2, 0.25) is 0 Å². The molecule has 28 heavy (non-hydrogen) atoms. The molecule has 0 aliphatic carbocycles. The van der Waals surface area contributed by atoms with Crippen LogP contribution in [-0.4, -0.2) is 44.2 Å². The summed E-state index contributed by atoms with van der Waals surface area (Å²) in [5, 5.41) is 0.917. The summed E-state index contributed by atoms with van der Waals surface area (Å²) in [5.74, 6) is 1.79. The Kier molecular flexibility index (Phi) is 5.09. The zero-order valence-electron chi connectivity index (χ0n) is 16.7. The lowest BCUT2D eigenvalue weighted by molar-refractivity contribution is 0.253. The van der Waals surface area contributed by atoms with Gasteiger partial charge in [0.15, 0.2) is 11.5 Å². The van der Waals surface area contributed by atoms with E-state index in [0.717, 1.165) is 59.3 Å². The first kappa shape index (κ1) is 18.6. The van der Waals surface area contributed by atoms with Crippen LogP contribution >= 0.6 is 0 Å². The van der Waals surface area contributed by atoms with Crippen LogP contribution in [0, 0.1) is 0 Å². The molecule has 1 aromatic heterocycles. The molecule has 1 fully saturated rings. The Balaban J connectivity index is 1.94. The van der Waals surface area contributed by atoms with Crippen molar-refractivity contribution in [3.05, 3.63) is 48.2 Å². The number of nitrogen functional groups attached to an aromatic ring is 1. The molecule has 3 aromatic rings. The summed E-state index contributed by atoms with van der Waals surface area (Å²) in [7, 11) is 5.48. The van der Waals surface area contributed by atoms with Crippen molar-refractivity contribution >= 4 is 16.6 Å². The lowest BCUT2D eigenvalue weighted by Crippen LogP contribution is -2.29. The predicted octanol–water partition coefficient (Wildman–Crippen LogP) is 4.31. The number of likely N-dealkylation sites (tertiary alicyclic amines) is 1. The fourth-order valence-corrected chi connectivity index (χ4v) is 4.16. The molecule has 0 radical (unpaired) electrons. The minimum Gasteiger partial charge on any atom is -0.493 e. The van der Waals surface area contributed by atoms with E-state index in [0.29, 0.717) is 17.4 Å². The molecule has 1 aliphatic rings. The number of hydrogen-bond donors (Lipinski definition) is 1. The van der Waals surface area contributed by atoms with Gasteiger partial charge < -0.3 is 20.1 Å². The van der Waals surface area contributed by atoms with Gasteiger partial charge in [0, 0.05) is 34.3 Å². The van der Waals surface area contributed by atoms with Gasteiger partial charge in [-0.05, 0) is 44.6 Å². The van der Waals surface area contributed by atoms with E-state index in [4.69, 9.17) is 20.2 Å². The smallest absolute Gasteiger partial charge is 0.169 e. The van der Waals surface area contributed by atoms with Gasteiger partial charge in [-0.3, -0.25) is 4.98 Å². The topological polar surface area (TPSA) is 60.6 Å². The molecule has 0 unspecified atom stereocenters. The fourth-order valence-electron chi connectivity index (χ4n) is 4.16. The summed E-state index contributed by atoms with van der Waals surface area (Å²) in [6.07, 6.45) is 2.21. The monoisotopic (exact) mass is 377 g/mol. The summed E-state index contributed by atoms with van der Waals surface area (Å²) < 4.78 is 11.4. The fraction of sp³-hybridized carbons (Fsp3) is 0.348. The molecule has 4 rings (SSSR count). The van der Waals surface area contributed by atoms with Crippen LogP contribution in [0.4, 0.5) is 5.69 Å². The molecular formula is C23H27N3O2. The van der Waals surface area contributed by atoms with Crippen LogP contribution < -0.4 is 15.2 Å². The number of nitrogens with two attached hydrogens (primary N) is 1. The number of hydrogen-bond acceptors (Lipinski definition) is 5. The van der Waals surface area contributed by atoms with Gasteiger partial charge in [-0.25, -0.2) is 0 Å². The second kappa shape index (κ2) is 7.68. The normalized spacial score (nSPS) is 15.7. The highest BCUT2D eigenvalue weighted by Gasteiger charge is 2.24. The molecule has 2 aromatic carbocycles. The second-order valence-corrected chi connectivity index (χ2v) is 7.46. The Morgan fingerprint density at radius 3 is 2.39 bits per heavy atom. The van der Waals surface area contributed by atoms with Crippen molar-refractivity contribution in [1.82, 2.24) is 9.88 Å². The van der Waals surface area contributed by atoms with Crippen molar-refractivity contribution in [3.63, 3.8) is 0 Å². The summed E-state index contributed by atoms with van der Waals surface area (Å²) in [6, 6.07) is 14.1. The van der Waals surface area contributed by atoms with E-state index in [2.05, 4.69) is 30.1 Å². The molecule has 0 amide bonds. The first-order chi connectivity index (χ1) is 13.6. The maximum Gasteiger partial charge on any atom is 0.169 e. The third kappa shape index (κ3) is 3.27. The van der Waals surface area contributed by atoms with Crippen LogP contribution in [0.15, 0.2) is 42.5 Å². The number of anilines is 1. The van der Waals surface area contributed by atoms with Gasteiger partial charge in [-0.1, -0.05) is 30.3 Å². The lowest BCUT2D eigenvalue weighted by Gasteiger charge is -2.29. The van der Waals surface area contributed by atoms with Crippen LogP contribution in [0.1, 0.15) is 24.5 Å². The quantitative estimate of drug-likeness (QED) is 0.734. The summed E-state index contributed by atoms with van der Waals surface area (Å²) in [5.41, 5.74) is 11.2. The van der Waals surface area contributed by atoms with E-state index in [-0.39, 0.29) is 0 Å². The Labute approximate surface area is 166 Å². The van der Waals surface area contributed by atoms with Gasteiger partial charge in [0.1, 0.15) is 0 Å². The molecule has 2 heterocycles. The van der Waals surface area contributed by atoms with Gasteiger partial charge in [0.2, 0.25) is 0 Å². The van der Waals surface area contributed by atoms with E-state index in [1.807, 2.05) is 24.3 Å². The zero-order valence-corrected chi connectivity index (χ0v) is 16.7. The maximum atomic E-state index is 6.60. The Bertz CT molecular complexity index is 980. The van der Waals surface area contributed by atoms with Crippen LogP contribution in [0.3, 0.4) is 0 Å².